The van der Waals surface area contributed by atoms with Crippen molar-refractivity contribution in [3.63, 3.8) is 0 Å². The molecule has 0 bridgehead atoms. The lowest BCUT2D eigenvalue weighted by Crippen LogP contribution is -2.21. The summed E-state index contributed by atoms with van der Waals surface area (Å²) in [7, 11) is 0. The Labute approximate surface area is 129 Å². The van der Waals surface area contributed by atoms with E-state index in [0.717, 1.165) is 31.3 Å². The van der Waals surface area contributed by atoms with Crippen molar-refractivity contribution in [3.05, 3.63) is 33.9 Å². The van der Waals surface area contributed by atoms with E-state index in [0.29, 0.717) is 22.6 Å². The van der Waals surface area contributed by atoms with Crippen molar-refractivity contribution in [2.24, 2.45) is 5.92 Å². The van der Waals surface area contributed by atoms with Crippen LogP contribution in [0.1, 0.15) is 67.2 Å². The fraction of sp³-hybridized carbons (Fsp3) is 0.579. The van der Waals surface area contributed by atoms with Crippen molar-refractivity contribution in [2.45, 2.75) is 67.2 Å². The van der Waals surface area contributed by atoms with Crippen LogP contribution in [0.4, 0.5) is 0 Å². The highest BCUT2D eigenvalue weighted by atomic mass is 16.1. The molecular weight excluding hydrogens is 260 g/mol. The maximum atomic E-state index is 12.3. The molecule has 1 rings (SSSR count). The first-order chi connectivity index (χ1) is 9.75. The lowest BCUT2D eigenvalue weighted by Gasteiger charge is -2.19. The first-order valence-electron chi connectivity index (χ1n) is 7.85. The topological polar surface area (TPSA) is 34.1 Å². The fourth-order valence-corrected chi connectivity index (χ4v) is 2.65. The van der Waals surface area contributed by atoms with E-state index in [2.05, 4.69) is 26.8 Å². The molecular formula is C19H28O2. The summed E-state index contributed by atoms with van der Waals surface area (Å²) in [5.41, 5.74) is 3.97. The average Bonchev–Trinajstić information content (AvgIpc) is 2.42. The van der Waals surface area contributed by atoms with E-state index in [-0.39, 0.29) is 11.6 Å². The van der Waals surface area contributed by atoms with E-state index in [4.69, 9.17) is 0 Å². The van der Waals surface area contributed by atoms with Crippen LogP contribution in [-0.2, 0) is 9.59 Å². The summed E-state index contributed by atoms with van der Waals surface area (Å²) in [5, 5.41) is 0. The van der Waals surface area contributed by atoms with Crippen molar-refractivity contribution in [3.8, 4) is 0 Å². The molecule has 1 aliphatic carbocycles. The highest BCUT2D eigenvalue weighted by Gasteiger charge is 2.27. The molecule has 1 atom stereocenters. The summed E-state index contributed by atoms with van der Waals surface area (Å²) < 4.78 is 0. The molecule has 0 heterocycles. The number of hydrogen-bond acceptors (Lipinski definition) is 2. The highest BCUT2D eigenvalue weighted by molar-refractivity contribution is 6.24. The quantitative estimate of drug-likeness (QED) is 0.511. The van der Waals surface area contributed by atoms with Gasteiger partial charge in [0.25, 0.3) is 0 Å². The summed E-state index contributed by atoms with van der Waals surface area (Å²) in [6.07, 6.45) is 6.16. The SMILES string of the molecule is CC(C)=CCC[C@H](C)CCC1=C(C)C(=O)C(C)=C(C)C1=O. The first kappa shape index (κ1) is 17.6. The van der Waals surface area contributed by atoms with E-state index in [1.807, 2.05) is 0 Å². The van der Waals surface area contributed by atoms with Crippen LogP contribution in [0.3, 0.4) is 0 Å². The molecule has 0 fully saturated rings. The molecule has 0 amide bonds. The summed E-state index contributed by atoms with van der Waals surface area (Å²) in [5.74, 6) is 0.677. The minimum Gasteiger partial charge on any atom is -0.289 e. The molecule has 0 aromatic heterocycles. The number of Topliss-reactive ketones (excluding diaryl/α,β-unsaturated/α-hetero) is 2. The van der Waals surface area contributed by atoms with Gasteiger partial charge in [-0.15, -0.1) is 0 Å². The zero-order valence-corrected chi connectivity index (χ0v) is 14.3. The number of ketones is 2. The summed E-state index contributed by atoms with van der Waals surface area (Å²) in [6.45, 7) is 11.8. The molecule has 1 aliphatic rings. The fourth-order valence-electron chi connectivity index (χ4n) is 2.65. The standard InChI is InChI=1S/C19H28O2/c1-12(2)8-7-9-13(3)10-11-17-16(6)18(20)14(4)15(5)19(17)21/h8,13H,7,9-11H2,1-6H3/t13-/m0/s1. The van der Waals surface area contributed by atoms with Gasteiger partial charge in [0.05, 0.1) is 0 Å². The largest absolute Gasteiger partial charge is 0.289 e. The maximum Gasteiger partial charge on any atom is 0.185 e. The Hall–Kier alpha value is -1.44. The normalized spacial score (nSPS) is 17.4. The molecule has 0 aromatic carbocycles. The monoisotopic (exact) mass is 288 g/mol. The van der Waals surface area contributed by atoms with Crippen LogP contribution in [0.5, 0.6) is 0 Å². The van der Waals surface area contributed by atoms with Crippen LogP contribution in [0.25, 0.3) is 0 Å². The molecule has 0 spiro atoms. The van der Waals surface area contributed by atoms with Crippen molar-refractivity contribution < 1.29 is 9.59 Å². The zero-order chi connectivity index (χ0) is 16.2. The number of allylic oxidation sites excluding steroid dienone is 6. The van der Waals surface area contributed by atoms with Gasteiger partial charge in [0.2, 0.25) is 0 Å². The molecule has 21 heavy (non-hydrogen) atoms. The van der Waals surface area contributed by atoms with Crippen LogP contribution in [0.15, 0.2) is 33.9 Å². The minimum absolute atomic E-state index is 0.0410. The second-order valence-corrected chi connectivity index (χ2v) is 6.51. The van der Waals surface area contributed by atoms with Crippen molar-refractivity contribution in [2.75, 3.05) is 0 Å². The Morgan fingerprint density at radius 3 is 2.10 bits per heavy atom. The predicted octanol–water partition coefficient (Wildman–Crippen LogP) is 4.95. The van der Waals surface area contributed by atoms with Gasteiger partial charge in [-0.3, -0.25) is 9.59 Å². The summed E-state index contributed by atoms with van der Waals surface area (Å²) >= 11 is 0. The molecule has 0 radical (unpaired) electrons. The van der Waals surface area contributed by atoms with Crippen molar-refractivity contribution in [1.82, 2.24) is 0 Å². The van der Waals surface area contributed by atoms with Gasteiger partial charge in [-0.05, 0) is 66.2 Å². The molecule has 116 valence electrons. The van der Waals surface area contributed by atoms with Crippen molar-refractivity contribution >= 4 is 11.6 Å². The van der Waals surface area contributed by atoms with E-state index in [1.165, 1.54) is 5.57 Å². The average molecular weight is 288 g/mol. The number of hydrogen-bond donors (Lipinski definition) is 0. The predicted molar refractivity (Wildman–Crippen MR) is 88.2 cm³/mol. The molecule has 0 aromatic rings. The van der Waals surface area contributed by atoms with Crippen molar-refractivity contribution in [1.29, 1.82) is 0 Å². The van der Waals surface area contributed by atoms with Crippen LogP contribution in [-0.4, -0.2) is 11.6 Å². The van der Waals surface area contributed by atoms with Gasteiger partial charge in [0, 0.05) is 22.3 Å². The number of carbonyl (C=O) groups excluding carboxylic acids is 2. The van der Waals surface area contributed by atoms with Crippen LogP contribution in [0, 0.1) is 5.92 Å². The molecule has 2 nitrogen and oxygen atoms in total. The smallest absolute Gasteiger partial charge is 0.185 e. The minimum atomic E-state index is 0.0410. The Morgan fingerprint density at radius 1 is 0.952 bits per heavy atom. The number of rotatable bonds is 6. The van der Waals surface area contributed by atoms with Crippen LogP contribution >= 0.6 is 0 Å². The number of carbonyl (C=O) groups is 2. The van der Waals surface area contributed by atoms with Gasteiger partial charge in [-0.1, -0.05) is 18.6 Å². The van der Waals surface area contributed by atoms with E-state index < -0.39 is 0 Å². The van der Waals surface area contributed by atoms with Gasteiger partial charge in [-0.25, -0.2) is 0 Å². The molecule has 0 unspecified atom stereocenters. The van der Waals surface area contributed by atoms with Gasteiger partial charge >= 0.3 is 0 Å². The van der Waals surface area contributed by atoms with Gasteiger partial charge < -0.3 is 0 Å². The second kappa shape index (κ2) is 7.53. The molecule has 0 aliphatic heterocycles. The highest BCUT2D eigenvalue weighted by Crippen LogP contribution is 2.28. The molecule has 0 saturated carbocycles. The Bertz CT molecular complexity index is 526. The molecule has 2 heteroatoms. The summed E-state index contributed by atoms with van der Waals surface area (Å²) in [6, 6.07) is 0. The summed E-state index contributed by atoms with van der Waals surface area (Å²) in [4.78, 5) is 24.4. The molecule has 0 saturated heterocycles. The van der Waals surface area contributed by atoms with Gasteiger partial charge in [0.15, 0.2) is 11.6 Å². The van der Waals surface area contributed by atoms with E-state index in [9.17, 15) is 9.59 Å². The van der Waals surface area contributed by atoms with Gasteiger partial charge in [-0.2, -0.15) is 0 Å². The third-order valence-corrected chi connectivity index (χ3v) is 4.41. The molecule has 0 N–H and O–H groups in total. The van der Waals surface area contributed by atoms with Crippen LogP contribution < -0.4 is 0 Å². The third-order valence-electron chi connectivity index (χ3n) is 4.41. The lowest BCUT2D eigenvalue weighted by atomic mass is 9.82. The second-order valence-electron chi connectivity index (χ2n) is 6.51. The zero-order valence-electron chi connectivity index (χ0n) is 14.3. The lowest BCUT2D eigenvalue weighted by molar-refractivity contribution is -0.116. The first-order valence-corrected chi connectivity index (χ1v) is 7.85. The maximum absolute atomic E-state index is 12.3. The van der Waals surface area contributed by atoms with Gasteiger partial charge in [0.1, 0.15) is 0 Å². The third kappa shape index (κ3) is 4.52. The Kier molecular flexibility index (Phi) is 6.32. The van der Waals surface area contributed by atoms with Crippen LogP contribution in [0.2, 0.25) is 0 Å². The Morgan fingerprint density at radius 2 is 1.52 bits per heavy atom. The van der Waals surface area contributed by atoms with E-state index in [1.54, 1.807) is 20.8 Å². The Balaban J connectivity index is 2.65. The van der Waals surface area contributed by atoms with E-state index >= 15 is 0 Å².